The molecule has 0 saturated carbocycles. The Morgan fingerprint density at radius 3 is 2.75 bits per heavy atom. The summed E-state index contributed by atoms with van der Waals surface area (Å²) in [7, 11) is 0. The number of benzene rings is 1. The van der Waals surface area contributed by atoms with Gasteiger partial charge in [-0.3, -0.25) is 0 Å². The van der Waals surface area contributed by atoms with Gasteiger partial charge < -0.3 is 5.73 Å². The van der Waals surface area contributed by atoms with Gasteiger partial charge in [0.1, 0.15) is 5.03 Å². The van der Waals surface area contributed by atoms with E-state index in [0.717, 1.165) is 20.0 Å². The predicted molar refractivity (Wildman–Crippen MR) is 70.4 cm³/mol. The number of nitrogens with zero attached hydrogens (tertiary/aromatic N) is 1. The number of halogens is 1. The lowest BCUT2D eigenvalue weighted by Crippen LogP contribution is -1.97. The molecule has 0 saturated heterocycles. The van der Waals surface area contributed by atoms with E-state index in [2.05, 4.69) is 27.0 Å². The molecule has 0 aliphatic heterocycles. The smallest absolute Gasteiger partial charge is 0.115 e. The summed E-state index contributed by atoms with van der Waals surface area (Å²) >= 11 is 5.11. The van der Waals surface area contributed by atoms with Gasteiger partial charge in [-0.15, -0.1) is 0 Å². The third-order valence-corrected chi connectivity index (χ3v) is 4.16. The molecule has 1 aromatic carbocycles. The minimum absolute atomic E-state index is 0.549. The highest BCUT2D eigenvalue weighted by Crippen LogP contribution is 2.33. The molecule has 0 radical (unpaired) electrons. The lowest BCUT2D eigenvalue weighted by atomic mass is 10.2. The predicted octanol–water partition coefficient (Wildman–Crippen LogP) is 3.45. The lowest BCUT2D eigenvalue weighted by molar-refractivity contribution is 1.02. The van der Waals surface area contributed by atoms with Crippen molar-refractivity contribution in [1.29, 1.82) is 0 Å². The van der Waals surface area contributed by atoms with E-state index in [1.54, 1.807) is 18.0 Å². The van der Waals surface area contributed by atoms with Crippen LogP contribution in [0.2, 0.25) is 0 Å². The quantitative estimate of drug-likeness (QED) is 0.942. The summed E-state index contributed by atoms with van der Waals surface area (Å²) in [6.45, 7) is 0.549. The van der Waals surface area contributed by atoms with E-state index in [-0.39, 0.29) is 0 Å². The van der Waals surface area contributed by atoms with Gasteiger partial charge in [-0.2, -0.15) is 0 Å². The van der Waals surface area contributed by atoms with E-state index < -0.39 is 0 Å². The van der Waals surface area contributed by atoms with Crippen LogP contribution >= 0.6 is 27.7 Å². The van der Waals surface area contributed by atoms with Gasteiger partial charge in [0.25, 0.3) is 0 Å². The van der Waals surface area contributed by atoms with Crippen LogP contribution in [-0.4, -0.2) is 4.98 Å². The van der Waals surface area contributed by atoms with Gasteiger partial charge in [0, 0.05) is 17.6 Å². The average Bonchev–Trinajstić information content (AvgIpc) is 2.33. The maximum atomic E-state index is 5.70. The number of hydrogen-bond donors (Lipinski definition) is 1. The molecule has 0 spiro atoms. The van der Waals surface area contributed by atoms with E-state index in [1.165, 1.54) is 0 Å². The van der Waals surface area contributed by atoms with Crippen molar-refractivity contribution < 1.29 is 0 Å². The molecular formula is C12H11BrN2S. The Kier molecular flexibility index (Phi) is 3.98. The topological polar surface area (TPSA) is 38.9 Å². The molecular weight excluding hydrogens is 284 g/mol. The molecule has 1 heterocycles. The molecule has 82 valence electrons. The first-order valence-corrected chi connectivity index (χ1v) is 6.48. The highest BCUT2D eigenvalue weighted by molar-refractivity contribution is 9.10. The zero-order valence-electron chi connectivity index (χ0n) is 8.56. The molecule has 16 heavy (non-hydrogen) atoms. The van der Waals surface area contributed by atoms with Crippen molar-refractivity contribution in [2.75, 3.05) is 0 Å². The molecule has 0 aliphatic rings. The van der Waals surface area contributed by atoms with Crippen LogP contribution in [0.15, 0.2) is 57.0 Å². The van der Waals surface area contributed by atoms with E-state index in [1.807, 2.05) is 30.3 Å². The highest BCUT2D eigenvalue weighted by atomic mass is 79.9. The molecule has 0 unspecified atom stereocenters. The molecule has 2 aromatic rings. The molecule has 4 heteroatoms. The fourth-order valence-corrected chi connectivity index (χ4v) is 2.74. The second-order valence-electron chi connectivity index (χ2n) is 3.20. The molecule has 0 aliphatic carbocycles. The number of pyridine rings is 1. The summed E-state index contributed by atoms with van der Waals surface area (Å²) in [4.78, 5) is 5.48. The van der Waals surface area contributed by atoms with Crippen molar-refractivity contribution in [3.8, 4) is 0 Å². The number of aromatic nitrogens is 1. The molecule has 0 bridgehead atoms. The summed E-state index contributed by atoms with van der Waals surface area (Å²) in [5.74, 6) is 0. The Morgan fingerprint density at radius 2 is 2.00 bits per heavy atom. The highest BCUT2D eigenvalue weighted by Gasteiger charge is 2.06. The van der Waals surface area contributed by atoms with E-state index >= 15 is 0 Å². The Balaban J connectivity index is 2.30. The van der Waals surface area contributed by atoms with Gasteiger partial charge in [0.2, 0.25) is 0 Å². The van der Waals surface area contributed by atoms with Crippen LogP contribution in [0.1, 0.15) is 5.56 Å². The van der Waals surface area contributed by atoms with Crippen molar-refractivity contribution in [2.45, 2.75) is 16.5 Å². The van der Waals surface area contributed by atoms with E-state index in [9.17, 15) is 0 Å². The van der Waals surface area contributed by atoms with Crippen molar-refractivity contribution >= 4 is 27.7 Å². The minimum Gasteiger partial charge on any atom is -0.326 e. The Labute approximate surface area is 107 Å². The van der Waals surface area contributed by atoms with Gasteiger partial charge in [0.15, 0.2) is 0 Å². The molecule has 2 N–H and O–H groups in total. The molecule has 0 fully saturated rings. The van der Waals surface area contributed by atoms with Gasteiger partial charge in [-0.1, -0.05) is 30.0 Å². The minimum atomic E-state index is 0.549. The standard InChI is InChI=1S/C12H11BrN2S/c13-10-5-3-7-15-12(10)16-11-6-2-1-4-9(11)8-14/h1-7H,8,14H2. The number of nitrogens with two attached hydrogens (primary N) is 1. The van der Waals surface area contributed by atoms with Gasteiger partial charge >= 0.3 is 0 Å². The third kappa shape index (κ3) is 2.64. The zero-order chi connectivity index (χ0) is 11.4. The van der Waals surface area contributed by atoms with Crippen LogP contribution in [0.3, 0.4) is 0 Å². The maximum absolute atomic E-state index is 5.70. The second-order valence-corrected chi connectivity index (χ2v) is 5.09. The van der Waals surface area contributed by atoms with Crippen LogP contribution in [0.25, 0.3) is 0 Å². The van der Waals surface area contributed by atoms with Crippen LogP contribution in [0.5, 0.6) is 0 Å². The van der Waals surface area contributed by atoms with Crippen molar-refractivity contribution in [1.82, 2.24) is 4.98 Å². The zero-order valence-corrected chi connectivity index (χ0v) is 11.0. The monoisotopic (exact) mass is 294 g/mol. The van der Waals surface area contributed by atoms with Crippen LogP contribution in [-0.2, 0) is 6.54 Å². The van der Waals surface area contributed by atoms with Crippen molar-refractivity contribution in [3.63, 3.8) is 0 Å². The second kappa shape index (κ2) is 5.48. The molecule has 1 aromatic heterocycles. The fourth-order valence-electron chi connectivity index (χ4n) is 1.32. The molecule has 2 nitrogen and oxygen atoms in total. The Hall–Kier alpha value is -0.840. The Morgan fingerprint density at radius 1 is 1.19 bits per heavy atom. The SMILES string of the molecule is NCc1ccccc1Sc1ncccc1Br. The van der Waals surface area contributed by atoms with Crippen molar-refractivity contribution in [3.05, 3.63) is 52.6 Å². The summed E-state index contributed by atoms with van der Waals surface area (Å²) in [5, 5.41) is 0.961. The lowest BCUT2D eigenvalue weighted by Gasteiger charge is -2.07. The fraction of sp³-hybridized carbons (Fsp3) is 0.0833. The average molecular weight is 295 g/mol. The third-order valence-electron chi connectivity index (χ3n) is 2.12. The van der Waals surface area contributed by atoms with E-state index in [4.69, 9.17) is 5.73 Å². The van der Waals surface area contributed by atoms with Gasteiger partial charge in [-0.05, 0) is 39.7 Å². The number of rotatable bonds is 3. The molecule has 0 amide bonds. The summed E-state index contributed by atoms with van der Waals surface area (Å²) < 4.78 is 1.01. The first-order valence-electron chi connectivity index (χ1n) is 4.87. The number of hydrogen-bond acceptors (Lipinski definition) is 3. The van der Waals surface area contributed by atoms with Crippen LogP contribution in [0, 0.1) is 0 Å². The first-order chi connectivity index (χ1) is 7.81. The van der Waals surface area contributed by atoms with Crippen molar-refractivity contribution in [2.24, 2.45) is 5.73 Å². The largest absolute Gasteiger partial charge is 0.326 e. The maximum Gasteiger partial charge on any atom is 0.115 e. The summed E-state index contributed by atoms with van der Waals surface area (Å²) in [6.07, 6.45) is 1.79. The first kappa shape index (κ1) is 11.6. The summed E-state index contributed by atoms with van der Waals surface area (Å²) in [6, 6.07) is 12.0. The summed E-state index contributed by atoms with van der Waals surface area (Å²) in [5.41, 5.74) is 6.84. The van der Waals surface area contributed by atoms with Crippen LogP contribution in [0.4, 0.5) is 0 Å². The van der Waals surface area contributed by atoms with Gasteiger partial charge in [0.05, 0.1) is 4.47 Å². The molecule has 2 rings (SSSR count). The van der Waals surface area contributed by atoms with Crippen LogP contribution < -0.4 is 5.73 Å². The van der Waals surface area contributed by atoms with E-state index in [0.29, 0.717) is 6.54 Å². The van der Waals surface area contributed by atoms with Gasteiger partial charge in [-0.25, -0.2) is 4.98 Å². The molecule has 0 atom stereocenters. The normalized spacial score (nSPS) is 10.4. The Bertz CT molecular complexity index is 488.